The van der Waals surface area contributed by atoms with E-state index in [2.05, 4.69) is 100 Å². The summed E-state index contributed by atoms with van der Waals surface area (Å²) in [5.74, 6) is 0. The zero-order chi connectivity index (χ0) is 22.1. The maximum absolute atomic E-state index is 5.84. The third-order valence-corrected chi connectivity index (χ3v) is 6.60. The molecule has 32 heavy (non-hydrogen) atoms. The van der Waals surface area contributed by atoms with Crippen LogP contribution < -0.4 is 5.32 Å². The molecule has 2 aromatic carbocycles. The van der Waals surface area contributed by atoms with Gasteiger partial charge in [0.25, 0.3) is 0 Å². The molecule has 0 amide bonds. The number of hydrogen-bond acceptors (Lipinski definition) is 2. The van der Waals surface area contributed by atoms with Crippen LogP contribution in [0.3, 0.4) is 0 Å². The van der Waals surface area contributed by atoms with Crippen LogP contribution in [0.1, 0.15) is 40.2 Å². The van der Waals surface area contributed by atoms with E-state index < -0.39 is 0 Å². The SMILES string of the molecule is Cc1ccc(-n2cccc2[C@H]2[C@@H](c3ccccn3)NC(=S)N2Cc2ccccc2)cc1C. The molecule has 5 heteroatoms. The van der Waals surface area contributed by atoms with Crippen molar-refractivity contribution < 1.29 is 0 Å². The number of pyridine rings is 1. The van der Waals surface area contributed by atoms with Gasteiger partial charge in [-0.3, -0.25) is 4.98 Å². The normalized spacial score (nSPS) is 18.1. The Morgan fingerprint density at radius 2 is 1.72 bits per heavy atom. The lowest BCUT2D eigenvalue weighted by Gasteiger charge is -2.29. The largest absolute Gasteiger partial charge is 0.352 e. The fraction of sp³-hybridized carbons (Fsp3) is 0.185. The summed E-state index contributed by atoms with van der Waals surface area (Å²) in [5, 5.41) is 4.31. The topological polar surface area (TPSA) is 33.1 Å². The van der Waals surface area contributed by atoms with E-state index in [1.807, 2.05) is 24.4 Å². The van der Waals surface area contributed by atoms with Gasteiger partial charge in [-0.2, -0.15) is 0 Å². The highest BCUT2D eigenvalue weighted by atomic mass is 32.1. The van der Waals surface area contributed by atoms with E-state index >= 15 is 0 Å². The first-order valence-electron chi connectivity index (χ1n) is 10.9. The first-order valence-corrected chi connectivity index (χ1v) is 11.3. The van der Waals surface area contributed by atoms with Crippen LogP contribution in [0.2, 0.25) is 0 Å². The maximum atomic E-state index is 5.84. The van der Waals surface area contributed by atoms with E-state index in [4.69, 9.17) is 12.2 Å². The van der Waals surface area contributed by atoms with Gasteiger partial charge in [0.15, 0.2) is 5.11 Å². The molecule has 1 aliphatic heterocycles. The van der Waals surface area contributed by atoms with Crippen molar-refractivity contribution in [1.29, 1.82) is 0 Å². The molecule has 3 heterocycles. The molecule has 5 rings (SSSR count). The predicted molar refractivity (Wildman–Crippen MR) is 133 cm³/mol. The Morgan fingerprint density at radius 3 is 2.47 bits per heavy atom. The van der Waals surface area contributed by atoms with Gasteiger partial charge in [0, 0.05) is 30.3 Å². The maximum Gasteiger partial charge on any atom is 0.170 e. The zero-order valence-electron chi connectivity index (χ0n) is 18.3. The predicted octanol–water partition coefficient (Wildman–Crippen LogP) is 5.66. The van der Waals surface area contributed by atoms with Crippen molar-refractivity contribution in [3.05, 3.63) is 119 Å². The van der Waals surface area contributed by atoms with Gasteiger partial charge in [0.1, 0.15) is 0 Å². The van der Waals surface area contributed by atoms with E-state index in [-0.39, 0.29) is 12.1 Å². The Hall–Kier alpha value is -3.44. The number of nitrogens with one attached hydrogen (secondary N) is 1. The molecule has 0 radical (unpaired) electrons. The van der Waals surface area contributed by atoms with E-state index in [9.17, 15) is 0 Å². The summed E-state index contributed by atoms with van der Waals surface area (Å²) in [6.45, 7) is 5.04. The monoisotopic (exact) mass is 438 g/mol. The smallest absolute Gasteiger partial charge is 0.170 e. The third-order valence-electron chi connectivity index (χ3n) is 6.25. The second kappa shape index (κ2) is 8.60. The molecule has 0 spiro atoms. The van der Waals surface area contributed by atoms with Crippen LogP contribution in [0.25, 0.3) is 5.69 Å². The highest BCUT2D eigenvalue weighted by Crippen LogP contribution is 2.40. The fourth-order valence-corrected chi connectivity index (χ4v) is 4.73. The van der Waals surface area contributed by atoms with Crippen molar-refractivity contribution in [2.75, 3.05) is 0 Å². The summed E-state index contributed by atoms with van der Waals surface area (Å²) in [6, 6.07) is 27.4. The van der Waals surface area contributed by atoms with Gasteiger partial charge in [-0.25, -0.2) is 0 Å². The number of aromatic nitrogens is 2. The second-order valence-corrected chi connectivity index (χ2v) is 8.70. The number of hydrogen-bond donors (Lipinski definition) is 1. The van der Waals surface area contributed by atoms with Crippen LogP contribution in [-0.2, 0) is 6.54 Å². The summed E-state index contributed by atoms with van der Waals surface area (Å²) < 4.78 is 2.28. The summed E-state index contributed by atoms with van der Waals surface area (Å²) in [6.07, 6.45) is 3.98. The molecule has 1 aliphatic rings. The molecule has 4 aromatic rings. The number of nitrogens with zero attached hydrogens (tertiary/aromatic N) is 3. The third kappa shape index (κ3) is 3.80. The van der Waals surface area contributed by atoms with E-state index in [0.29, 0.717) is 0 Å². The number of benzene rings is 2. The first kappa shape index (κ1) is 20.5. The van der Waals surface area contributed by atoms with Crippen LogP contribution >= 0.6 is 12.2 Å². The summed E-state index contributed by atoms with van der Waals surface area (Å²) >= 11 is 5.84. The van der Waals surface area contributed by atoms with Crippen LogP contribution in [0.15, 0.2) is 91.3 Å². The number of thiocarbonyl (C=S) groups is 1. The van der Waals surface area contributed by atoms with Gasteiger partial charge < -0.3 is 14.8 Å². The highest BCUT2D eigenvalue weighted by Gasteiger charge is 2.41. The Kier molecular flexibility index (Phi) is 5.50. The Morgan fingerprint density at radius 1 is 0.906 bits per heavy atom. The molecule has 0 saturated carbocycles. The van der Waals surface area contributed by atoms with Crippen LogP contribution in [0, 0.1) is 13.8 Å². The summed E-state index contributed by atoms with van der Waals surface area (Å²) in [7, 11) is 0. The van der Waals surface area contributed by atoms with Crippen molar-refractivity contribution in [2.45, 2.75) is 32.5 Å². The molecule has 160 valence electrons. The Balaban J connectivity index is 1.61. The molecule has 1 saturated heterocycles. The van der Waals surface area contributed by atoms with E-state index in [0.717, 1.165) is 23.0 Å². The zero-order valence-corrected chi connectivity index (χ0v) is 19.1. The van der Waals surface area contributed by atoms with E-state index in [1.54, 1.807) is 0 Å². The molecule has 0 bridgehead atoms. The highest BCUT2D eigenvalue weighted by molar-refractivity contribution is 7.80. The van der Waals surface area contributed by atoms with Gasteiger partial charge in [-0.1, -0.05) is 42.5 Å². The first-order chi connectivity index (χ1) is 15.6. The van der Waals surface area contributed by atoms with Crippen molar-refractivity contribution in [2.24, 2.45) is 0 Å². The average Bonchev–Trinajstić information content (AvgIpc) is 3.42. The van der Waals surface area contributed by atoms with Crippen molar-refractivity contribution >= 4 is 17.3 Å². The minimum Gasteiger partial charge on any atom is -0.352 e. The van der Waals surface area contributed by atoms with Gasteiger partial charge in [-0.05, 0) is 79.2 Å². The lowest BCUT2D eigenvalue weighted by atomic mass is 10.0. The quantitative estimate of drug-likeness (QED) is 0.408. The van der Waals surface area contributed by atoms with E-state index in [1.165, 1.54) is 22.4 Å². The molecule has 1 N–H and O–H groups in total. The van der Waals surface area contributed by atoms with Crippen LogP contribution in [-0.4, -0.2) is 19.6 Å². The standard InChI is InChI=1S/C27H26N4S/c1-19-13-14-22(17-20(19)2)30-16-8-12-24(30)26-25(23-11-6-7-15-28-23)29-27(32)31(26)18-21-9-4-3-5-10-21/h3-17,25-26H,18H2,1-2H3,(H,29,32)/t25-,26+/m1/s1. The molecular formula is C27H26N4S. The molecule has 0 aliphatic carbocycles. The van der Waals surface area contributed by atoms with Crippen molar-refractivity contribution in [1.82, 2.24) is 19.8 Å². The molecule has 4 nitrogen and oxygen atoms in total. The van der Waals surface area contributed by atoms with Gasteiger partial charge in [-0.15, -0.1) is 0 Å². The molecule has 2 aromatic heterocycles. The molecule has 2 atom stereocenters. The second-order valence-electron chi connectivity index (χ2n) is 8.31. The van der Waals surface area contributed by atoms with Gasteiger partial charge >= 0.3 is 0 Å². The average molecular weight is 439 g/mol. The van der Waals surface area contributed by atoms with Crippen LogP contribution in [0.4, 0.5) is 0 Å². The fourth-order valence-electron chi connectivity index (χ4n) is 4.42. The van der Waals surface area contributed by atoms with Gasteiger partial charge in [0.05, 0.1) is 17.8 Å². The lowest BCUT2D eigenvalue weighted by Crippen LogP contribution is -2.30. The Labute approximate surface area is 194 Å². The van der Waals surface area contributed by atoms with Crippen molar-refractivity contribution in [3.8, 4) is 5.69 Å². The molecule has 0 unspecified atom stereocenters. The minimum absolute atomic E-state index is 0.00853. The Bertz CT molecular complexity index is 1230. The summed E-state index contributed by atoms with van der Waals surface area (Å²) in [5.41, 5.74) is 7.14. The van der Waals surface area contributed by atoms with Gasteiger partial charge in [0.2, 0.25) is 0 Å². The summed E-state index contributed by atoms with van der Waals surface area (Å²) in [4.78, 5) is 6.96. The lowest BCUT2D eigenvalue weighted by molar-refractivity contribution is 0.302. The van der Waals surface area contributed by atoms with Crippen molar-refractivity contribution in [3.63, 3.8) is 0 Å². The number of aryl methyl sites for hydroxylation is 2. The number of rotatable bonds is 5. The molecule has 1 fully saturated rings. The van der Waals surface area contributed by atoms with Crippen LogP contribution in [0.5, 0.6) is 0 Å². The minimum atomic E-state index is -0.0346. The molecular weight excluding hydrogens is 412 g/mol.